The lowest BCUT2D eigenvalue weighted by Crippen LogP contribution is -2.32. The van der Waals surface area contributed by atoms with Crippen LogP contribution in [-0.2, 0) is 11.3 Å². The van der Waals surface area contributed by atoms with E-state index in [-0.39, 0.29) is 6.04 Å². The van der Waals surface area contributed by atoms with Crippen molar-refractivity contribution in [1.82, 2.24) is 25.1 Å². The second-order valence-corrected chi connectivity index (χ2v) is 5.69. The standard InChI is InChI=1S/C15H27N5O/c1-19-8-4-9-20(2)14(12-19)15-17-6-5-13(18-15)11-16-7-10-21-3/h5-6,14,16H,4,7-12H2,1-3H3. The van der Waals surface area contributed by atoms with Gasteiger partial charge >= 0.3 is 0 Å². The van der Waals surface area contributed by atoms with Crippen molar-refractivity contribution >= 4 is 0 Å². The van der Waals surface area contributed by atoms with Gasteiger partial charge in [-0.05, 0) is 39.7 Å². The highest BCUT2D eigenvalue weighted by Crippen LogP contribution is 2.19. The van der Waals surface area contributed by atoms with Crippen molar-refractivity contribution in [2.45, 2.75) is 19.0 Å². The van der Waals surface area contributed by atoms with Gasteiger partial charge in [-0.25, -0.2) is 9.97 Å². The first-order valence-electron chi connectivity index (χ1n) is 7.61. The third-order valence-electron chi connectivity index (χ3n) is 3.89. The van der Waals surface area contributed by atoms with E-state index in [1.54, 1.807) is 7.11 Å². The first-order chi connectivity index (χ1) is 10.2. The minimum atomic E-state index is 0.274. The number of likely N-dealkylation sites (N-methyl/N-ethyl adjacent to an activating group) is 2. The van der Waals surface area contributed by atoms with E-state index in [0.29, 0.717) is 6.61 Å². The molecule has 1 atom stereocenters. The number of aromatic nitrogens is 2. The van der Waals surface area contributed by atoms with E-state index in [4.69, 9.17) is 9.72 Å². The van der Waals surface area contributed by atoms with Gasteiger partial charge < -0.3 is 15.0 Å². The zero-order chi connectivity index (χ0) is 15.1. The molecule has 1 unspecified atom stereocenters. The molecule has 21 heavy (non-hydrogen) atoms. The van der Waals surface area contributed by atoms with Gasteiger partial charge in [0.05, 0.1) is 18.3 Å². The third-order valence-corrected chi connectivity index (χ3v) is 3.89. The van der Waals surface area contributed by atoms with Gasteiger partial charge in [0.1, 0.15) is 5.82 Å². The highest BCUT2D eigenvalue weighted by atomic mass is 16.5. The lowest BCUT2D eigenvalue weighted by molar-refractivity contribution is 0.199. The molecule has 0 radical (unpaired) electrons. The van der Waals surface area contributed by atoms with Crippen LogP contribution in [0.15, 0.2) is 12.3 Å². The average Bonchev–Trinajstić information content (AvgIpc) is 2.65. The summed E-state index contributed by atoms with van der Waals surface area (Å²) < 4.78 is 5.03. The Bertz CT molecular complexity index is 428. The van der Waals surface area contributed by atoms with Crippen molar-refractivity contribution in [3.63, 3.8) is 0 Å². The number of rotatable bonds is 6. The minimum absolute atomic E-state index is 0.274. The van der Waals surface area contributed by atoms with Crippen LogP contribution in [-0.4, -0.2) is 73.8 Å². The van der Waals surface area contributed by atoms with Crippen molar-refractivity contribution < 1.29 is 4.74 Å². The molecule has 1 fully saturated rings. The smallest absolute Gasteiger partial charge is 0.146 e. The largest absolute Gasteiger partial charge is 0.383 e. The maximum Gasteiger partial charge on any atom is 0.146 e. The van der Waals surface area contributed by atoms with Crippen LogP contribution in [0.5, 0.6) is 0 Å². The fourth-order valence-electron chi connectivity index (χ4n) is 2.61. The van der Waals surface area contributed by atoms with Crippen molar-refractivity contribution in [3.05, 3.63) is 23.8 Å². The van der Waals surface area contributed by atoms with Gasteiger partial charge in [-0.3, -0.25) is 4.90 Å². The van der Waals surface area contributed by atoms with Crippen LogP contribution >= 0.6 is 0 Å². The highest BCUT2D eigenvalue weighted by molar-refractivity contribution is 5.06. The van der Waals surface area contributed by atoms with Crippen LogP contribution in [0.25, 0.3) is 0 Å². The predicted octanol–water partition coefficient (Wildman–Crippen LogP) is 0.521. The van der Waals surface area contributed by atoms with Crippen LogP contribution in [0.3, 0.4) is 0 Å². The molecular formula is C15H27N5O. The summed E-state index contributed by atoms with van der Waals surface area (Å²) in [5, 5.41) is 3.33. The third kappa shape index (κ3) is 5.00. The van der Waals surface area contributed by atoms with E-state index in [2.05, 4.69) is 34.2 Å². The van der Waals surface area contributed by atoms with Crippen molar-refractivity contribution in [2.24, 2.45) is 0 Å². The Morgan fingerprint density at radius 1 is 1.38 bits per heavy atom. The van der Waals surface area contributed by atoms with Crippen molar-refractivity contribution in [1.29, 1.82) is 0 Å². The molecule has 0 aliphatic carbocycles. The molecule has 1 N–H and O–H groups in total. The first kappa shape index (κ1) is 16.3. The summed E-state index contributed by atoms with van der Waals surface area (Å²) in [5.74, 6) is 0.928. The predicted molar refractivity (Wildman–Crippen MR) is 83.1 cm³/mol. The van der Waals surface area contributed by atoms with Gasteiger partial charge in [-0.15, -0.1) is 0 Å². The molecule has 6 nitrogen and oxygen atoms in total. The van der Waals surface area contributed by atoms with Gasteiger partial charge in [-0.2, -0.15) is 0 Å². The molecule has 2 heterocycles. The second kappa shape index (κ2) is 8.38. The van der Waals surface area contributed by atoms with Crippen LogP contribution in [0.2, 0.25) is 0 Å². The zero-order valence-corrected chi connectivity index (χ0v) is 13.4. The molecule has 0 bridgehead atoms. The molecule has 2 rings (SSSR count). The molecule has 1 aliphatic rings. The first-order valence-corrected chi connectivity index (χ1v) is 7.61. The normalized spacial score (nSPS) is 21.4. The summed E-state index contributed by atoms with van der Waals surface area (Å²) in [6, 6.07) is 2.25. The molecule has 1 aliphatic heterocycles. The SMILES string of the molecule is COCCNCc1ccnc(C2CN(C)CCCN2C)n1. The van der Waals surface area contributed by atoms with Crippen LogP contribution in [0.4, 0.5) is 0 Å². The highest BCUT2D eigenvalue weighted by Gasteiger charge is 2.24. The fraction of sp³-hybridized carbons (Fsp3) is 0.733. The number of hydrogen-bond donors (Lipinski definition) is 1. The second-order valence-electron chi connectivity index (χ2n) is 5.69. The molecule has 1 aromatic rings. The van der Waals surface area contributed by atoms with Gasteiger partial charge in [0.15, 0.2) is 0 Å². The molecule has 1 saturated heterocycles. The maximum atomic E-state index is 5.03. The van der Waals surface area contributed by atoms with E-state index in [0.717, 1.165) is 44.2 Å². The van der Waals surface area contributed by atoms with Gasteiger partial charge in [0, 0.05) is 32.9 Å². The summed E-state index contributed by atoms with van der Waals surface area (Å²) in [6.07, 6.45) is 3.07. The summed E-state index contributed by atoms with van der Waals surface area (Å²) >= 11 is 0. The van der Waals surface area contributed by atoms with Gasteiger partial charge in [0.2, 0.25) is 0 Å². The lowest BCUT2D eigenvalue weighted by Gasteiger charge is -2.26. The Morgan fingerprint density at radius 2 is 2.24 bits per heavy atom. The van der Waals surface area contributed by atoms with E-state index < -0.39 is 0 Å². The molecule has 118 valence electrons. The minimum Gasteiger partial charge on any atom is -0.383 e. The van der Waals surface area contributed by atoms with Crippen LogP contribution < -0.4 is 5.32 Å². The van der Waals surface area contributed by atoms with E-state index >= 15 is 0 Å². The molecule has 0 amide bonds. The number of hydrogen-bond acceptors (Lipinski definition) is 6. The zero-order valence-electron chi connectivity index (χ0n) is 13.4. The Labute approximate surface area is 127 Å². The topological polar surface area (TPSA) is 53.5 Å². The Hall–Kier alpha value is -1.08. The monoisotopic (exact) mass is 293 g/mol. The van der Waals surface area contributed by atoms with Gasteiger partial charge in [0.25, 0.3) is 0 Å². The summed E-state index contributed by atoms with van der Waals surface area (Å²) in [5.41, 5.74) is 1.04. The number of nitrogens with zero attached hydrogens (tertiary/aromatic N) is 4. The van der Waals surface area contributed by atoms with E-state index in [1.807, 2.05) is 12.3 Å². The molecule has 6 heteroatoms. The van der Waals surface area contributed by atoms with Crippen molar-refractivity contribution in [3.8, 4) is 0 Å². The number of nitrogens with one attached hydrogen (secondary N) is 1. The van der Waals surface area contributed by atoms with Crippen molar-refractivity contribution in [2.75, 3.05) is 54.0 Å². The summed E-state index contributed by atoms with van der Waals surface area (Å²) in [4.78, 5) is 14.0. The molecule has 0 saturated carbocycles. The maximum absolute atomic E-state index is 5.03. The molecule has 0 spiro atoms. The average molecular weight is 293 g/mol. The van der Waals surface area contributed by atoms with Crippen LogP contribution in [0.1, 0.15) is 24.0 Å². The quantitative estimate of drug-likeness (QED) is 0.772. The van der Waals surface area contributed by atoms with E-state index in [1.165, 1.54) is 6.42 Å². The Kier molecular flexibility index (Phi) is 6.50. The molecule has 0 aromatic carbocycles. The fourth-order valence-corrected chi connectivity index (χ4v) is 2.61. The molecule has 1 aromatic heterocycles. The summed E-state index contributed by atoms with van der Waals surface area (Å²) in [7, 11) is 6.04. The summed E-state index contributed by atoms with van der Waals surface area (Å²) in [6.45, 7) is 5.52. The van der Waals surface area contributed by atoms with Crippen LogP contribution in [0, 0.1) is 0 Å². The van der Waals surface area contributed by atoms with Gasteiger partial charge in [-0.1, -0.05) is 0 Å². The Balaban J connectivity index is 2.01. The lowest BCUT2D eigenvalue weighted by atomic mass is 10.2. The Morgan fingerprint density at radius 3 is 3.05 bits per heavy atom. The number of ether oxygens (including phenoxy) is 1. The molecular weight excluding hydrogens is 266 g/mol. The number of methoxy groups -OCH3 is 1. The van der Waals surface area contributed by atoms with E-state index in [9.17, 15) is 0 Å².